The Labute approximate surface area is 166 Å². The number of nitrogens with one attached hydrogen (secondary N) is 1. The molecule has 0 amide bonds. The molecule has 3 heterocycles. The molecule has 2 aromatic rings. The highest BCUT2D eigenvalue weighted by atomic mass is 32.2. The van der Waals surface area contributed by atoms with Crippen molar-refractivity contribution in [3.8, 4) is 0 Å². The maximum atomic E-state index is 12.9. The molecular weight excluding hydrogens is 376 g/mol. The third kappa shape index (κ3) is 4.15. The number of piperidine rings is 1. The first kappa shape index (κ1) is 19.6. The smallest absolute Gasteiger partial charge is 0.282 e. The summed E-state index contributed by atoms with van der Waals surface area (Å²) in [5, 5.41) is 1.02. The number of hydrogen-bond donors (Lipinski definition) is 1. The number of aromatic amines is 1. The van der Waals surface area contributed by atoms with E-state index in [1.807, 2.05) is 30.3 Å². The van der Waals surface area contributed by atoms with Gasteiger partial charge in [0, 0.05) is 50.3 Å². The number of benzene rings is 1. The quantitative estimate of drug-likeness (QED) is 0.843. The minimum atomic E-state index is -3.37. The summed E-state index contributed by atoms with van der Waals surface area (Å²) in [4.78, 5) is 17.6. The number of hydrogen-bond acceptors (Lipinski definition) is 4. The van der Waals surface area contributed by atoms with E-state index in [-0.39, 0.29) is 5.56 Å². The van der Waals surface area contributed by atoms with Gasteiger partial charge in [0.1, 0.15) is 0 Å². The van der Waals surface area contributed by atoms with Gasteiger partial charge in [0.25, 0.3) is 15.8 Å². The predicted octanol–water partition coefficient (Wildman–Crippen LogP) is 1.77. The summed E-state index contributed by atoms with van der Waals surface area (Å²) in [5.74, 6) is 0. The Kier molecular flexibility index (Phi) is 5.82. The van der Waals surface area contributed by atoms with E-state index in [0.717, 1.165) is 48.7 Å². The Morgan fingerprint density at radius 3 is 2.39 bits per heavy atom. The van der Waals surface area contributed by atoms with Gasteiger partial charge in [-0.15, -0.1) is 0 Å². The number of aromatic nitrogens is 1. The molecule has 2 fully saturated rings. The molecule has 0 aliphatic carbocycles. The fourth-order valence-electron chi connectivity index (χ4n) is 4.15. The molecule has 0 radical (unpaired) electrons. The van der Waals surface area contributed by atoms with Crippen LogP contribution in [0.1, 0.15) is 31.2 Å². The average Bonchev–Trinajstić information content (AvgIpc) is 2.95. The van der Waals surface area contributed by atoms with Crippen LogP contribution >= 0.6 is 0 Å². The van der Waals surface area contributed by atoms with Crippen molar-refractivity contribution in [3.05, 3.63) is 46.2 Å². The molecule has 2 aliphatic heterocycles. The second-order valence-corrected chi connectivity index (χ2v) is 9.64. The van der Waals surface area contributed by atoms with Gasteiger partial charge in [-0.3, -0.25) is 9.69 Å². The van der Waals surface area contributed by atoms with Crippen LogP contribution < -0.4 is 5.56 Å². The molecular formula is C20H28N4O3S. The Morgan fingerprint density at radius 2 is 1.57 bits per heavy atom. The van der Waals surface area contributed by atoms with Gasteiger partial charge in [0.05, 0.1) is 0 Å². The van der Waals surface area contributed by atoms with Crippen LogP contribution in [0.4, 0.5) is 0 Å². The molecule has 152 valence electrons. The minimum absolute atomic E-state index is 0.0688. The molecule has 7 nitrogen and oxygen atoms in total. The lowest BCUT2D eigenvalue weighted by Gasteiger charge is -2.31. The van der Waals surface area contributed by atoms with Crippen LogP contribution in [-0.2, 0) is 16.8 Å². The number of pyridine rings is 1. The average molecular weight is 405 g/mol. The van der Waals surface area contributed by atoms with Crippen molar-refractivity contribution >= 4 is 21.1 Å². The molecule has 28 heavy (non-hydrogen) atoms. The van der Waals surface area contributed by atoms with Gasteiger partial charge in [0.2, 0.25) is 0 Å². The molecule has 8 heteroatoms. The van der Waals surface area contributed by atoms with E-state index in [1.54, 1.807) is 8.61 Å². The largest absolute Gasteiger partial charge is 0.322 e. The van der Waals surface area contributed by atoms with Gasteiger partial charge in [-0.05, 0) is 43.3 Å². The number of fused-ring (bicyclic) bond motifs is 1. The second kappa shape index (κ2) is 8.32. The first-order chi connectivity index (χ1) is 13.5. The lowest BCUT2D eigenvalue weighted by atomic mass is 10.1. The van der Waals surface area contributed by atoms with Gasteiger partial charge in [-0.1, -0.05) is 24.6 Å². The fraction of sp³-hybridized carbons (Fsp3) is 0.550. The van der Waals surface area contributed by atoms with Gasteiger partial charge in [-0.25, -0.2) is 0 Å². The van der Waals surface area contributed by atoms with Crippen LogP contribution in [0.3, 0.4) is 0 Å². The zero-order chi connectivity index (χ0) is 19.6. The summed E-state index contributed by atoms with van der Waals surface area (Å²) in [7, 11) is -3.37. The zero-order valence-corrected chi connectivity index (χ0v) is 17.0. The maximum Gasteiger partial charge on any atom is 0.282 e. The molecule has 0 saturated carbocycles. The standard InChI is InChI=1S/C20H28N4O3S/c25-20-18(15-17-7-2-3-8-19(17)21-20)16-22-9-6-12-24(14-13-22)28(26,27)23-10-4-1-5-11-23/h2-3,7-8,15H,1,4-6,9-14,16H2,(H,21,25). The molecule has 1 aromatic heterocycles. The van der Waals surface area contributed by atoms with E-state index in [4.69, 9.17) is 0 Å². The summed E-state index contributed by atoms with van der Waals surface area (Å²) in [6.07, 6.45) is 3.78. The van der Waals surface area contributed by atoms with Crippen LogP contribution in [0.5, 0.6) is 0 Å². The molecule has 0 bridgehead atoms. The van der Waals surface area contributed by atoms with Crippen molar-refractivity contribution in [2.75, 3.05) is 39.3 Å². The summed E-state index contributed by atoms with van der Waals surface area (Å²) < 4.78 is 29.1. The van der Waals surface area contributed by atoms with Crippen molar-refractivity contribution in [3.63, 3.8) is 0 Å². The maximum absolute atomic E-state index is 12.9. The van der Waals surface area contributed by atoms with Crippen molar-refractivity contribution in [1.82, 2.24) is 18.5 Å². The van der Waals surface area contributed by atoms with Crippen LogP contribution in [0.25, 0.3) is 10.9 Å². The Bertz CT molecular complexity index is 982. The fourth-order valence-corrected chi connectivity index (χ4v) is 5.86. The van der Waals surface area contributed by atoms with E-state index >= 15 is 0 Å². The van der Waals surface area contributed by atoms with Crippen LogP contribution in [0.15, 0.2) is 35.1 Å². The molecule has 0 unspecified atom stereocenters. The van der Waals surface area contributed by atoms with Crippen molar-refractivity contribution in [1.29, 1.82) is 0 Å². The minimum Gasteiger partial charge on any atom is -0.322 e. The Hall–Kier alpha value is -1.74. The second-order valence-electron chi connectivity index (χ2n) is 7.71. The molecule has 2 saturated heterocycles. The van der Waals surface area contributed by atoms with Crippen molar-refractivity contribution < 1.29 is 8.42 Å². The highest BCUT2D eigenvalue weighted by Crippen LogP contribution is 2.19. The Balaban J connectivity index is 1.44. The van der Waals surface area contributed by atoms with E-state index in [0.29, 0.717) is 39.3 Å². The number of rotatable bonds is 4. The first-order valence-electron chi connectivity index (χ1n) is 10.1. The van der Waals surface area contributed by atoms with Crippen LogP contribution in [0, 0.1) is 0 Å². The molecule has 1 aromatic carbocycles. The van der Waals surface area contributed by atoms with Crippen molar-refractivity contribution in [2.24, 2.45) is 0 Å². The van der Waals surface area contributed by atoms with Crippen LogP contribution in [0.2, 0.25) is 0 Å². The molecule has 2 aliphatic rings. The molecule has 1 N–H and O–H groups in total. The van der Waals surface area contributed by atoms with E-state index < -0.39 is 10.2 Å². The number of para-hydroxylation sites is 1. The van der Waals surface area contributed by atoms with E-state index in [2.05, 4.69) is 9.88 Å². The SMILES string of the molecule is O=c1[nH]c2ccccc2cc1CN1CCCN(S(=O)(=O)N2CCCCC2)CC1. The third-order valence-electron chi connectivity index (χ3n) is 5.74. The number of nitrogens with zero attached hydrogens (tertiary/aromatic N) is 3. The molecule has 0 atom stereocenters. The van der Waals surface area contributed by atoms with Crippen molar-refractivity contribution in [2.45, 2.75) is 32.2 Å². The number of H-pyrrole nitrogens is 1. The summed E-state index contributed by atoms with van der Waals surface area (Å²) in [6, 6.07) is 9.70. The van der Waals surface area contributed by atoms with Gasteiger partial charge in [-0.2, -0.15) is 17.0 Å². The normalized spacial score (nSPS) is 21.0. The summed E-state index contributed by atoms with van der Waals surface area (Å²) >= 11 is 0. The summed E-state index contributed by atoms with van der Waals surface area (Å²) in [6.45, 7) is 4.26. The first-order valence-corrected chi connectivity index (χ1v) is 11.5. The lowest BCUT2D eigenvalue weighted by Crippen LogP contribution is -2.47. The third-order valence-corrected chi connectivity index (χ3v) is 7.77. The monoisotopic (exact) mass is 404 g/mol. The van der Waals surface area contributed by atoms with Gasteiger partial charge < -0.3 is 4.98 Å². The highest BCUT2D eigenvalue weighted by molar-refractivity contribution is 7.86. The predicted molar refractivity (Wildman–Crippen MR) is 110 cm³/mol. The van der Waals surface area contributed by atoms with E-state index in [9.17, 15) is 13.2 Å². The topological polar surface area (TPSA) is 76.7 Å². The summed E-state index contributed by atoms with van der Waals surface area (Å²) in [5.41, 5.74) is 1.50. The van der Waals surface area contributed by atoms with Crippen LogP contribution in [-0.4, -0.2) is 66.2 Å². The van der Waals surface area contributed by atoms with Gasteiger partial charge in [0.15, 0.2) is 0 Å². The molecule has 0 spiro atoms. The zero-order valence-electron chi connectivity index (χ0n) is 16.1. The van der Waals surface area contributed by atoms with E-state index in [1.165, 1.54) is 0 Å². The Morgan fingerprint density at radius 1 is 0.857 bits per heavy atom. The highest BCUT2D eigenvalue weighted by Gasteiger charge is 2.31. The van der Waals surface area contributed by atoms with Gasteiger partial charge >= 0.3 is 0 Å². The lowest BCUT2D eigenvalue weighted by molar-refractivity contribution is 0.271. The molecule has 4 rings (SSSR count).